The summed E-state index contributed by atoms with van der Waals surface area (Å²) in [5, 5.41) is 12.7. The van der Waals surface area contributed by atoms with Crippen molar-refractivity contribution in [2.45, 2.75) is 25.4 Å². The van der Waals surface area contributed by atoms with Gasteiger partial charge in [-0.1, -0.05) is 29.8 Å². The number of piperidine rings is 1. The van der Waals surface area contributed by atoms with Gasteiger partial charge in [-0.25, -0.2) is 4.79 Å². The first-order chi connectivity index (χ1) is 13.6. The van der Waals surface area contributed by atoms with Gasteiger partial charge in [-0.05, 0) is 44.3 Å². The Morgan fingerprint density at radius 3 is 2.61 bits per heavy atom. The van der Waals surface area contributed by atoms with Crippen molar-refractivity contribution in [1.82, 2.24) is 20.1 Å². The number of carbonyl (C=O) groups is 1. The van der Waals surface area contributed by atoms with Gasteiger partial charge in [0, 0.05) is 34.7 Å². The fourth-order valence-electron chi connectivity index (χ4n) is 4.26. The monoisotopic (exact) mass is 394 g/mol. The Bertz CT molecular complexity index is 1070. The fourth-order valence-corrected chi connectivity index (χ4v) is 4.39. The van der Waals surface area contributed by atoms with E-state index in [0.29, 0.717) is 16.4 Å². The van der Waals surface area contributed by atoms with Crippen LogP contribution in [0.25, 0.3) is 17.1 Å². The molecule has 2 aliphatic rings. The number of hydrogen-bond donors (Lipinski definition) is 1. The Morgan fingerprint density at radius 2 is 1.86 bits per heavy atom. The molecular weight excluding hydrogens is 376 g/mol. The molecule has 1 aromatic heterocycles. The average molecular weight is 395 g/mol. The lowest BCUT2D eigenvalue weighted by atomic mass is 9.83. The maximum absolute atomic E-state index is 12.9. The Balaban J connectivity index is 1.69. The third kappa shape index (κ3) is 2.56. The van der Waals surface area contributed by atoms with Crippen LogP contribution in [0.1, 0.15) is 34.6 Å². The van der Waals surface area contributed by atoms with Gasteiger partial charge in [-0.15, -0.1) is 10.2 Å². The molecule has 2 aromatic carbocycles. The molecular formula is C21H19ClN4O2. The average Bonchev–Trinajstić information content (AvgIpc) is 3.21. The molecule has 0 bridgehead atoms. The topological polar surface area (TPSA) is 69.0 Å². The lowest BCUT2D eigenvalue weighted by Gasteiger charge is -2.33. The molecule has 0 saturated carbocycles. The molecule has 5 rings (SSSR count). The standard InChI is InChI=1S/C21H19ClN4O2/c1-13-24-25-19(26(13)15-7-5-14(22)6-8-15)16-3-2-4-17-18(16)20(27)28-21(17)9-11-23-12-10-21/h2-8,23H,9-12H2,1H3. The molecule has 7 heteroatoms. The van der Waals surface area contributed by atoms with Crippen molar-refractivity contribution < 1.29 is 9.53 Å². The van der Waals surface area contributed by atoms with E-state index in [1.165, 1.54) is 0 Å². The summed E-state index contributed by atoms with van der Waals surface area (Å²) < 4.78 is 7.87. The number of benzene rings is 2. The van der Waals surface area contributed by atoms with Gasteiger partial charge >= 0.3 is 5.97 Å². The quantitative estimate of drug-likeness (QED) is 0.672. The molecule has 0 radical (unpaired) electrons. The van der Waals surface area contributed by atoms with Crippen molar-refractivity contribution in [2.24, 2.45) is 0 Å². The molecule has 0 amide bonds. The Labute approximate surface area is 167 Å². The van der Waals surface area contributed by atoms with Crippen LogP contribution < -0.4 is 5.32 Å². The van der Waals surface area contributed by atoms with E-state index in [1.807, 2.05) is 54.0 Å². The second kappa shape index (κ2) is 6.43. The zero-order valence-electron chi connectivity index (χ0n) is 15.4. The highest BCUT2D eigenvalue weighted by molar-refractivity contribution is 6.30. The molecule has 28 heavy (non-hydrogen) atoms. The van der Waals surface area contributed by atoms with Gasteiger partial charge < -0.3 is 10.1 Å². The van der Waals surface area contributed by atoms with Crippen LogP contribution in [0.5, 0.6) is 0 Å². The van der Waals surface area contributed by atoms with Crippen LogP contribution in [0.4, 0.5) is 0 Å². The highest BCUT2D eigenvalue weighted by Gasteiger charge is 2.47. The van der Waals surface area contributed by atoms with E-state index in [1.54, 1.807) is 0 Å². The molecule has 0 aliphatic carbocycles. The first kappa shape index (κ1) is 17.4. The lowest BCUT2D eigenvalue weighted by molar-refractivity contribution is -0.0241. The molecule has 6 nitrogen and oxygen atoms in total. The molecule has 0 atom stereocenters. The number of aryl methyl sites for hydroxylation is 1. The molecule has 1 spiro atoms. The maximum Gasteiger partial charge on any atom is 0.340 e. The summed E-state index contributed by atoms with van der Waals surface area (Å²) >= 11 is 6.04. The van der Waals surface area contributed by atoms with Crippen LogP contribution in [-0.4, -0.2) is 33.8 Å². The Hall–Kier alpha value is -2.70. The number of esters is 1. The fraction of sp³-hybridized carbons (Fsp3) is 0.286. The second-order valence-electron chi connectivity index (χ2n) is 7.24. The summed E-state index contributed by atoms with van der Waals surface area (Å²) in [6.45, 7) is 3.55. The third-order valence-corrected chi connectivity index (χ3v) is 5.86. The number of nitrogens with zero attached hydrogens (tertiary/aromatic N) is 3. The Kier molecular flexibility index (Phi) is 4.00. The van der Waals surface area contributed by atoms with E-state index < -0.39 is 5.60 Å². The number of nitrogens with one attached hydrogen (secondary N) is 1. The number of aromatic nitrogens is 3. The minimum atomic E-state index is -0.534. The van der Waals surface area contributed by atoms with Crippen molar-refractivity contribution in [2.75, 3.05) is 13.1 Å². The van der Waals surface area contributed by atoms with Crippen LogP contribution in [-0.2, 0) is 10.3 Å². The van der Waals surface area contributed by atoms with Crippen LogP contribution in [0.2, 0.25) is 5.02 Å². The summed E-state index contributed by atoms with van der Waals surface area (Å²) in [5.74, 6) is 1.08. The minimum Gasteiger partial charge on any atom is -0.450 e. The smallest absolute Gasteiger partial charge is 0.340 e. The van der Waals surface area contributed by atoms with Crippen molar-refractivity contribution >= 4 is 17.6 Å². The van der Waals surface area contributed by atoms with Gasteiger partial charge in [0.25, 0.3) is 0 Å². The second-order valence-corrected chi connectivity index (χ2v) is 7.68. The highest BCUT2D eigenvalue weighted by atomic mass is 35.5. The highest BCUT2D eigenvalue weighted by Crippen LogP contribution is 2.45. The summed E-state index contributed by atoms with van der Waals surface area (Å²) in [5.41, 5.74) is 2.66. The van der Waals surface area contributed by atoms with E-state index >= 15 is 0 Å². The summed E-state index contributed by atoms with van der Waals surface area (Å²) in [7, 11) is 0. The minimum absolute atomic E-state index is 0.282. The maximum atomic E-state index is 12.9. The SMILES string of the molecule is Cc1nnc(-c2cccc3c2C(=O)OC32CCNCC2)n1-c1ccc(Cl)cc1. The van der Waals surface area contributed by atoms with Gasteiger partial charge in [0.15, 0.2) is 5.82 Å². The number of hydrogen-bond acceptors (Lipinski definition) is 5. The number of fused-ring (bicyclic) bond motifs is 2. The number of rotatable bonds is 2. The van der Waals surface area contributed by atoms with Crippen molar-refractivity contribution in [3.8, 4) is 17.1 Å². The largest absolute Gasteiger partial charge is 0.450 e. The third-order valence-electron chi connectivity index (χ3n) is 5.61. The molecule has 1 saturated heterocycles. The van der Waals surface area contributed by atoms with Gasteiger partial charge in [-0.2, -0.15) is 0 Å². The van der Waals surface area contributed by atoms with Crippen LogP contribution >= 0.6 is 11.6 Å². The molecule has 2 aliphatic heterocycles. The van der Waals surface area contributed by atoms with Gasteiger partial charge in [-0.3, -0.25) is 4.57 Å². The molecule has 3 heterocycles. The first-order valence-corrected chi connectivity index (χ1v) is 9.73. The summed E-state index contributed by atoms with van der Waals surface area (Å²) in [4.78, 5) is 12.9. The first-order valence-electron chi connectivity index (χ1n) is 9.35. The summed E-state index contributed by atoms with van der Waals surface area (Å²) in [6.07, 6.45) is 1.55. The number of carbonyl (C=O) groups excluding carboxylic acids is 1. The van der Waals surface area contributed by atoms with Crippen molar-refractivity contribution in [3.63, 3.8) is 0 Å². The Morgan fingerprint density at radius 1 is 1.11 bits per heavy atom. The van der Waals surface area contributed by atoms with Crippen molar-refractivity contribution in [1.29, 1.82) is 0 Å². The van der Waals surface area contributed by atoms with Crippen molar-refractivity contribution in [3.05, 3.63) is 64.4 Å². The van der Waals surface area contributed by atoms with E-state index in [4.69, 9.17) is 16.3 Å². The predicted octanol–water partition coefficient (Wildman–Crippen LogP) is 3.65. The van der Waals surface area contributed by atoms with E-state index in [-0.39, 0.29) is 5.97 Å². The van der Waals surface area contributed by atoms with E-state index in [0.717, 1.165) is 48.6 Å². The van der Waals surface area contributed by atoms with Crippen LogP contribution in [0.3, 0.4) is 0 Å². The molecule has 1 N–H and O–H groups in total. The number of halogens is 1. The zero-order chi connectivity index (χ0) is 19.3. The molecule has 0 unspecified atom stereocenters. The normalized spacial score (nSPS) is 17.6. The molecule has 3 aromatic rings. The van der Waals surface area contributed by atoms with Gasteiger partial charge in [0.05, 0.1) is 5.56 Å². The molecule has 142 valence electrons. The molecule has 1 fully saturated rings. The van der Waals surface area contributed by atoms with Crippen LogP contribution in [0, 0.1) is 6.92 Å². The predicted molar refractivity (Wildman–Crippen MR) is 106 cm³/mol. The summed E-state index contributed by atoms with van der Waals surface area (Å²) in [6, 6.07) is 13.4. The zero-order valence-corrected chi connectivity index (χ0v) is 16.2. The van der Waals surface area contributed by atoms with Crippen LogP contribution in [0.15, 0.2) is 42.5 Å². The van der Waals surface area contributed by atoms with Gasteiger partial charge in [0.1, 0.15) is 11.4 Å². The lowest BCUT2D eigenvalue weighted by Crippen LogP contribution is -2.39. The van der Waals surface area contributed by atoms with E-state index in [9.17, 15) is 4.79 Å². The number of ether oxygens (including phenoxy) is 1. The van der Waals surface area contributed by atoms with Gasteiger partial charge in [0.2, 0.25) is 0 Å². The van der Waals surface area contributed by atoms with E-state index in [2.05, 4.69) is 15.5 Å².